The van der Waals surface area contributed by atoms with Crippen molar-refractivity contribution in [3.8, 4) is 0 Å². The third-order valence-electron chi connectivity index (χ3n) is 11.7. The number of rotatable bonds is 45. The van der Waals surface area contributed by atoms with Gasteiger partial charge in [-0.25, -0.2) is 4.79 Å². The number of aliphatic hydroxyl groups excluding tert-OH is 2. The van der Waals surface area contributed by atoms with Crippen LogP contribution in [0.1, 0.15) is 188 Å². The highest BCUT2D eigenvalue weighted by Crippen LogP contribution is 2.26. The maximum atomic E-state index is 13.1. The van der Waals surface area contributed by atoms with Gasteiger partial charge in [0.25, 0.3) is 0 Å². The first-order valence-electron chi connectivity index (χ1n) is 28.2. The minimum absolute atomic E-state index is 0.0403. The Labute approximate surface area is 451 Å². The van der Waals surface area contributed by atoms with Crippen LogP contribution in [0.25, 0.3) is 0 Å². The van der Waals surface area contributed by atoms with E-state index < -0.39 is 67.3 Å². The predicted molar refractivity (Wildman–Crippen MR) is 303 cm³/mol. The summed E-state index contributed by atoms with van der Waals surface area (Å²) in [5.74, 6) is -3.34. The average molecular weight is 1050 g/mol. The zero-order valence-corrected chi connectivity index (χ0v) is 46.0. The molecule has 3 N–H and O–H groups in total. The lowest BCUT2D eigenvalue weighted by Crippen LogP contribution is -2.61. The molecule has 0 saturated carbocycles. The Morgan fingerprint density at radius 1 is 0.453 bits per heavy atom. The molecule has 1 fully saturated rings. The van der Waals surface area contributed by atoms with Gasteiger partial charge in [-0.15, -0.1) is 0 Å². The van der Waals surface area contributed by atoms with Gasteiger partial charge in [0.1, 0.15) is 18.8 Å². The van der Waals surface area contributed by atoms with Crippen molar-refractivity contribution in [3.05, 3.63) is 134 Å². The maximum Gasteiger partial charge on any atom is 0.335 e. The van der Waals surface area contributed by atoms with Crippen molar-refractivity contribution in [2.75, 3.05) is 13.2 Å². The number of ether oxygens (including phenoxy) is 5. The monoisotopic (exact) mass is 1040 g/mol. The highest BCUT2D eigenvalue weighted by Gasteiger charge is 2.50. The minimum Gasteiger partial charge on any atom is -0.479 e. The van der Waals surface area contributed by atoms with Crippen LogP contribution in [0.3, 0.4) is 0 Å². The molecule has 0 aromatic heterocycles. The third kappa shape index (κ3) is 39.9. The fourth-order valence-corrected chi connectivity index (χ4v) is 7.49. The molecule has 75 heavy (non-hydrogen) atoms. The largest absolute Gasteiger partial charge is 0.479 e. The summed E-state index contributed by atoms with van der Waals surface area (Å²) in [6, 6.07) is 0. The molecule has 0 radical (unpaired) electrons. The maximum absolute atomic E-state index is 13.1. The molecular weight excluding hydrogens is 949 g/mol. The lowest BCUT2D eigenvalue weighted by atomic mass is 9.98. The van der Waals surface area contributed by atoms with E-state index in [1.165, 1.54) is 25.7 Å². The molecule has 1 heterocycles. The lowest BCUT2D eigenvalue weighted by molar-refractivity contribution is -0.301. The van der Waals surface area contributed by atoms with E-state index in [1.54, 1.807) is 0 Å². The Morgan fingerprint density at radius 2 is 0.867 bits per heavy atom. The average Bonchev–Trinajstić information content (AvgIpc) is 3.39. The summed E-state index contributed by atoms with van der Waals surface area (Å²) in [5.41, 5.74) is 0. The summed E-state index contributed by atoms with van der Waals surface area (Å²) < 4.78 is 28.2. The number of carboxylic acid groups (broad SMARTS) is 1. The summed E-state index contributed by atoms with van der Waals surface area (Å²) in [7, 11) is 0. The van der Waals surface area contributed by atoms with Crippen LogP contribution in [0.4, 0.5) is 0 Å². The van der Waals surface area contributed by atoms with E-state index in [9.17, 15) is 34.5 Å². The lowest BCUT2D eigenvalue weighted by Gasteiger charge is -2.40. The number of carbonyl (C=O) groups excluding carboxylic acids is 3. The molecule has 0 aromatic rings. The van der Waals surface area contributed by atoms with E-state index in [-0.39, 0.29) is 25.9 Å². The van der Waals surface area contributed by atoms with Crippen LogP contribution >= 0.6 is 0 Å². The van der Waals surface area contributed by atoms with Crippen molar-refractivity contribution < 1.29 is 58.2 Å². The highest BCUT2D eigenvalue weighted by atomic mass is 16.7. The quantitative estimate of drug-likeness (QED) is 0.0228. The van der Waals surface area contributed by atoms with Gasteiger partial charge >= 0.3 is 23.9 Å². The fourth-order valence-electron chi connectivity index (χ4n) is 7.49. The van der Waals surface area contributed by atoms with Crippen LogP contribution in [-0.2, 0) is 42.9 Å². The molecule has 1 aliphatic rings. The number of allylic oxidation sites excluding steroid dienone is 22. The second-order valence-corrected chi connectivity index (χ2v) is 18.5. The van der Waals surface area contributed by atoms with Gasteiger partial charge in [0, 0.05) is 19.3 Å². The van der Waals surface area contributed by atoms with Crippen LogP contribution in [0.15, 0.2) is 134 Å². The van der Waals surface area contributed by atoms with E-state index in [4.69, 9.17) is 23.7 Å². The van der Waals surface area contributed by atoms with Crippen LogP contribution < -0.4 is 0 Å². The third-order valence-corrected chi connectivity index (χ3v) is 11.7. The van der Waals surface area contributed by atoms with E-state index in [0.29, 0.717) is 32.1 Å². The number of carboxylic acids is 1. The van der Waals surface area contributed by atoms with Crippen LogP contribution in [0.5, 0.6) is 0 Å². The van der Waals surface area contributed by atoms with Gasteiger partial charge < -0.3 is 39.0 Å². The zero-order valence-electron chi connectivity index (χ0n) is 46.0. The molecule has 0 aromatic carbocycles. The molecule has 1 rings (SSSR count). The Kier molecular flexibility index (Phi) is 45.0. The number of carbonyl (C=O) groups is 4. The van der Waals surface area contributed by atoms with Crippen molar-refractivity contribution >= 4 is 23.9 Å². The molecule has 0 spiro atoms. The van der Waals surface area contributed by atoms with Crippen LogP contribution in [0, 0.1) is 0 Å². The summed E-state index contributed by atoms with van der Waals surface area (Å²) in [6.07, 6.45) is 57.5. The van der Waals surface area contributed by atoms with Gasteiger partial charge in [-0.05, 0) is 96.3 Å². The fraction of sp³-hybridized carbons (Fsp3) is 0.587. The van der Waals surface area contributed by atoms with Crippen molar-refractivity contribution in [1.29, 1.82) is 0 Å². The van der Waals surface area contributed by atoms with E-state index in [2.05, 4.69) is 130 Å². The second-order valence-electron chi connectivity index (χ2n) is 18.5. The van der Waals surface area contributed by atoms with Crippen molar-refractivity contribution in [3.63, 3.8) is 0 Å². The summed E-state index contributed by atoms with van der Waals surface area (Å²) in [6.45, 7) is 5.59. The molecule has 0 bridgehead atoms. The first-order valence-corrected chi connectivity index (χ1v) is 28.2. The van der Waals surface area contributed by atoms with Gasteiger partial charge in [0.15, 0.2) is 24.6 Å². The number of aliphatic hydroxyl groups is 2. The number of aliphatic carboxylic acids is 1. The number of hydrogen-bond donors (Lipinski definition) is 3. The van der Waals surface area contributed by atoms with Crippen LogP contribution in [0.2, 0.25) is 0 Å². The number of esters is 3. The SMILES string of the molecule is CC/C=C\C/C=C\C/C=C\C/C=C\C/C=C\C/C=C\CCC(=O)OCC(COC1OC(C(=O)O)C(O)C(O)C1OC(=O)CCCCCCCCCCC)OC(=O)CCC/C=C\C/C=C\C/C=C\C/C=C\C/C=C\CC. The normalized spacial score (nSPS) is 19.2. The Hall–Kier alpha value is -5.14. The minimum atomic E-state index is -1.92. The highest BCUT2D eigenvalue weighted by molar-refractivity contribution is 5.74. The smallest absolute Gasteiger partial charge is 0.335 e. The van der Waals surface area contributed by atoms with Crippen molar-refractivity contribution in [1.82, 2.24) is 0 Å². The standard InChI is InChI=1S/C63H96O12/c1-4-7-10-13-16-19-21-23-25-27-28-30-31-33-35-38-40-43-46-49-55(64)71-52-54(73-56(65)50-47-44-42-39-36-34-32-29-26-24-22-20-17-14-11-8-5-2)53-72-63-61(59(68)58(67)60(75-63)62(69)70)74-57(66)51-48-45-41-37-18-15-12-9-6-3/h7-8,10-11,16-17,19-20,23-26,28,30,32-35,39-40,42-43,54,58-61,63,67-68H,4-6,9,12-15,18,21-22,27,29,31,36-38,41,44-53H2,1-3H3,(H,69,70)/b10-7-,11-8-,19-16-,20-17-,25-23-,26-24-,30-28-,34-32-,35-33-,42-39-,43-40-. The first kappa shape index (κ1) is 67.9. The van der Waals surface area contributed by atoms with Crippen molar-refractivity contribution in [2.24, 2.45) is 0 Å². The zero-order chi connectivity index (χ0) is 54.7. The van der Waals surface area contributed by atoms with Gasteiger partial charge in [-0.3, -0.25) is 14.4 Å². The molecule has 6 unspecified atom stereocenters. The van der Waals surface area contributed by atoms with Gasteiger partial charge in [0.05, 0.1) is 6.61 Å². The Balaban J connectivity index is 2.79. The molecule has 12 heteroatoms. The molecule has 6 atom stereocenters. The molecular formula is C63H96O12. The Bertz CT molecular complexity index is 1810. The van der Waals surface area contributed by atoms with E-state index in [0.717, 1.165) is 89.9 Å². The van der Waals surface area contributed by atoms with E-state index >= 15 is 0 Å². The summed E-state index contributed by atoms with van der Waals surface area (Å²) in [5, 5.41) is 31.3. The van der Waals surface area contributed by atoms with Crippen LogP contribution in [-0.4, -0.2) is 89.2 Å². The van der Waals surface area contributed by atoms with Crippen molar-refractivity contribution in [2.45, 2.75) is 225 Å². The molecule has 420 valence electrons. The number of unbranched alkanes of at least 4 members (excludes halogenated alkanes) is 9. The molecule has 0 amide bonds. The van der Waals surface area contributed by atoms with Gasteiger partial charge in [-0.2, -0.15) is 0 Å². The Morgan fingerprint density at radius 3 is 1.32 bits per heavy atom. The molecule has 0 aliphatic carbocycles. The second kappa shape index (κ2) is 49.7. The van der Waals surface area contributed by atoms with Gasteiger partial charge in [-0.1, -0.05) is 206 Å². The summed E-state index contributed by atoms with van der Waals surface area (Å²) in [4.78, 5) is 50.9. The van der Waals surface area contributed by atoms with Gasteiger partial charge in [0.2, 0.25) is 0 Å². The summed E-state index contributed by atoms with van der Waals surface area (Å²) >= 11 is 0. The molecule has 12 nitrogen and oxygen atoms in total. The topological polar surface area (TPSA) is 175 Å². The predicted octanol–water partition coefficient (Wildman–Crippen LogP) is 14.2. The molecule has 1 saturated heterocycles. The molecule has 1 aliphatic heterocycles. The van der Waals surface area contributed by atoms with E-state index in [1.807, 2.05) is 24.3 Å². The first-order chi connectivity index (χ1) is 36.6. The number of hydrogen-bond acceptors (Lipinski definition) is 11.